The molecule has 1 aliphatic carbocycles. The summed E-state index contributed by atoms with van der Waals surface area (Å²) in [5.41, 5.74) is 1.65. The Balaban J connectivity index is 1.47. The Morgan fingerprint density at radius 2 is 1.62 bits per heavy atom. The summed E-state index contributed by atoms with van der Waals surface area (Å²) in [7, 11) is 0. The second-order valence-corrected chi connectivity index (χ2v) is 13.2. The number of nitrogens with two attached hydrogens (primary N) is 1. The van der Waals surface area contributed by atoms with E-state index in [2.05, 4.69) is 4.90 Å². The van der Waals surface area contributed by atoms with E-state index in [-0.39, 0.29) is 30.1 Å². The minimum Gasteiger partial charge on any atom is -0.481 e. The Bertz CT molecular complexity index is 1460. The molecule has 3 unspecified atom stereocenters. The van der Waals surface area contributed by atoms with Gasteiger partial charge < -0.3 is 15.7 Å². The molecule has 5 rings (SSSR count). The average molecular weight is 644 g/mol. The van der Waals surface area contributed by atoms with Gasteiger partial charge in [-0.25, -0.2) is 4.39 Å². The lowest BCUT2D eigenvalue weighted by Gasteiger charge is -2.48. The number of carbonyl (C=O) groups is 2. The van der Waals surface area contributed by atoms with Crippen LogP contribution >= 0.6 is 0 Å². The summed E-state index contributed by atoms with van der Waals surface area (Å²) in [6, 6.07) is 4.60. The van der Waals surface area contributed by atoms with Crippen molar-refractivity contribution in [3.63, 3.8) is 0 Å². The van der Waals surface area contributed by atoms with Crippen molar-refractivity contribution in [2.75, 3.05) is 19.6 Å². The molecular formula is C32H36F7N3O3. The number of carbonyl (C=O) groups excluding carboxylic acids is 1. The van der Waals surface area contributed by atoms with Gasteiger partial charge in [0.25, 0.3) is 0 Å². The first-order valence-electron chi connectivity index (χ1n) is 14.9. The van der Waals surface area contributed by atoms with Crippen molar-refractivity contribution in [1.82, 2.24) is 9.80 Å². The molecule has 2 heterocycles. The lowest BCUT2D eigenvalue weighted by atomic mass is 9.78. The molecule has 3 N–H and O–H groups in total. The first-order valence-corrected chi connectivity index (χ1v) is 14.9. The summed E-state index contributed by atoms with van der Waals surface area (Å²) in [5, 5.41) is 9.87. The summed E-state index contributed by atoms with van der Waals surface area (Å²) in [4.78, 5) is 29.9. The Morgan fingerprint density at radius 3 is 2.18 bits per heavy atom. The van der Waals surface area contributed by atoms with E-state index in [9.17, 15) is 45.4 Å². The summed E-state index contributed by atoms with van der Waals surface area (Å²) >= 11 is 0. The fraction of sp³-hybridized carbons (Fsp3) is 0.562. The van der Waals surface area contributed by atoms with Gasteiger partial charge in [0.2, 0.25) is 5.91 Å². The third-order valence-electron chi connectivity index (χ3n) is 10.3. The Morgan fingerprint density at radius 1 is 1.00 bits per heavy atom. The second kappa shape index (κ2) is 11.3. The number of hydrogen-bond acceptors (Lipinski definition) is 4. The van der Waals surface area contributed by atoms with Crippen molar-refractivity contribution in [1.29, 1.82) is 0 Å². The van der Waals surface area contributed by atoms with E-state index < -0.39 is 64.1 Å². The van der Waals surface area contributed by atoms with Crippen LogP contribution < -0.4 is 5.73 Å². The lowest BCUT2D eigenvalue weighted by molar-refractivity contribution is -0.147. The highest BCUT2D eigenvalue weighted by atomic mass is 19.4. The first-order chi connectivity index (χ1) is 20.8. The number of likely N-dealkylation sites (tertiary alicyclic amines) is 2. The van der Waals surface area contributed by atoms with E-state index in [1.54, 1.807) is 13.0 Å². The highest BCUT2D eigenvalue weighted by Gasteiger charge is 2.63. The maximum atomic E-state index is 14.2. The average Bonchev–Trinajstić information content (AvgIpc) is 3.71. The maximum absolute atomic E-state index is 14.2. The standard InChI is InChI=1S/C32H36F7N3O3/c1-17-10-23(33)4-5-25(17)26-14-24(41-8-6-20-15-30(20,16-41)28(44)45)7-9-42(26)27(43)29(3,40)18(2)19-11-21(31(34,35)36)13-22(12-19)32(37,38)39/h4-5,10-13,18,20,24,26H,6-9,14-16,40H2,1-3H3,(H,44,45)/t18-,20?,24+,26-,29?,30?/m1/s1. The molecule has 2 saturated heterocycles. The van der Waals surface area contributed by atoms with E-state index in [0.29, 0.717) is 55.6 Å². The van der Waals surface area contributed by atoms with Crippen LogP contribution in [0, 0.1) is 24.1 Å². The van der Waals surface area contributed by atoms with E-state index in [1.165, 1.54) is 30.9 Å². The number of carboxylic acids is 1. The summed E-state index contributed by atoms with van der Waals surface area (Å²) in [5.74, 6) is -3.10. The number of carboxylic acid groups (broad SMARTS) is 1. The van der Waals surface area contributed by atoms with Gasteiger partial charge in [-0.2, -0.15) is 26.3 Å². The molecule has 0 spiro atoms. The van der Waals surface area contributed by atoms with Crippen LogP contribution in [-0.4, -0.2) is 58.0 Å². The summed E-state index contributed by atoms with van der Waals surface area (Å²) in [6.45, 7) is 5.53. The number of benzene rings is 2. The van der Waals surface area contributed by atoms with Gasteiger partial charge in [0.1, 0.15) is 5.82 Å². The minimum absolute atomic E-state index is 0.0307. The SMILES string of the molecule is Cc1cc(F)ccc1[C@H]1C[C@@H](N2CCC3CC3(C(=O)O)C2)CCN1C(=O)C(C)(N)[C@H](C)c1cc(C(F)(F)F)cc(C(F)(F)F)c1. The quantitative estimate of drug-likeness (QED) is 0.350. The van der Waals surface area contributed by atoms with Crippen molar-refractivity contribution < 1.29 is 45.4 Å². The van der Waals surface area contributed by atoms with Gasteiger partial charge in [0.05, 0.1) is 28.1 Å². The molecule has 0 aromatic heterocycles. The van der Waals surface area contributed by atoms with Gasteiger partial charge in [0.15, 0.2) is 0 Å². The van der Waals surface area contributed by atoms with Crippen LogP contribution in [-0.2, 0) is 21.9 Å². The fourth-order valence-corrected chi connectivity index (χ4v) is 7.26. The van der Waals surface area contributed by atoms with Crippen molar-refractivity contribution in [3.05, 3.63) is 70.0 Å². The zero-order valence-corrected chi connectivity index (χ0v) is 25.1. The third-order valence-corrected chi connectivity index (χ3v) is 10.3. The number of rotatable bonds is 6. The lowest BCUT2D eigenvalue weighted by Crippen LogP contribution is -2.60. The zero-order chi connectivity index (χ0) is 33.3. The minimum atomic E-state index is -5.06. The molecule has 0 radical (unpaired) electrons. The van der Waals surface area contributed by atoms with Gasteiger partial charge in [-0.15, -0.1) is 0 Å². The van der Waals surface area contributed by atoms with E-state index >= 15 is 0 Å². The van der Waals surface area contributed by atoms with Crippen molar-refractivity contribution in [2.24, 2.45) is 17.1 Å². The molecule has 3 aliphatic rings. The van der Waals surface area contributed by atoms with Gasteiger partial charge in [0, 0.05) is 25.0 Å². The molecule has 0 bridgehead atoms. The maximum Gasteiger partial charge on any atom is 0.416 e. The summed E-state index contributed by atoms with van der Waals surface area (Å²) in [6.07, 6.45) is -7.95. The van der Waals surface area contributed by atoms with Crippen LogP contribution in [0.25, 0.3) is 0 Å². The van der Waals surface area contributed by atoms with Crippen LogP contribution in [0.1, 0.15) is 79.3 Å². The fourth-order valence-electron chi connectivity index (χ4n) is 7.26. The highest BCUT2D eigenvalue weighted by molar-refractivity contribution is 5.87. The van der Waals surface area contributed by atoms with Gasteiger partial charge >= 0.3 is 18.3 Å². The zero-order valence-electron chi connectivity index (χ0n) is 25.1. The van der Waals surface area contributed by atoms with Gasteiger partial charge in [-0.05, 0) is 99.0 Å². The molecule has 2 aromatic carbocycles. The van der Waals surface area contributed by atoms with Crippen LogP contribution in [0.3, 0.4) is 0 Å². The molecule has 1 saturated carbocycles. The predicted octanol–water partition coefficient (Wildman–Crippen LogP) is 6.52. The summed E-state index contributed by atoms with van der Waals surface area (Å²) < 4.78 is 95.7. The topological polar surface area (TPSA) is 86.9 Å². The molecule has 2 aromatic rings. The first kappa shape index (κ1) is 33.2. The van der Waals surface area contributed by atoms with E-state index in [4.69, 9.17) is 5.73 Å². The highest BCUT2D eigenvalue weighted by Crippen LogP contribution is 2.58. The molecule has 45 heavy (non-hydrogen) atoms. The molecule has 1 amide bonds. The molecule has 6 atom stereocenters. The number of fused-ring (bicyclic) bond motifs is 1. The number of amides is 1. The van der Waals surface area contributed by atoms with Crippen LogP contribution in [0.4, 0.5) is 30.7 Å². The number of aliphatic carboxylic acids is 1. The Hall–Kier alpha value is -3.19. The molecule has 13 heteroatoms. The number of hydrogen-bond donors (Lipinski definition) is 2. The van der Waals surface area contributed by atoms with Gasteiger partial charge in [-0.3, -0.25) is 14.5 Å². The molecular weight excluding hydrogens is 607 g/mol. The Kier molecular flexibility index (Phi) is 8.30. The van der Waals surface area contributed by atoms with E-state index in [0.717, 1.165) is 6.42 Å². The number of alkyl halides is 6. The monoisotopic (exact) mass is 643 g/mol. The van der Waals surface area contributed by atoms with E-state index in [1.807, 2.05) is 0 Å². The number of aryl methyl sites for hydroxylation is 1. The molecule has 6 nitrogen and oxygen atoms in total. The van der Waals surface area contributed by atoms with Crippen molar-refractivity contribution >= 4 is 11.9 Å². The van der Waals surface area contributed by atoms with Crippen LogP contribution in [0.2, 0.25) is 0 Å². The van der Waals surface area contributed by atoms with Gasteiger partial charge in [-0.1, -0.05) is 13.0 Å². The Labute approximate surface area is 256 Å². The smallest absolute Gasteiger partial charge is 0.416 e. The molecule has 246 valence electrons. The second-order valence-electron chi connectivity index (χ2n) is 13.2. The van der Waals surface area contributed by atoms with Crippen LogP contribution in [0.5, 0.6) is 0 Å². The predicted molar refractivity (Wildman–Crippen MR) is 150 cm³/mol. The van der Waals surface area contributed by atoms with Crippen LogP contribution in [0.15, 0.2) is 36.4 Å². The largest absolute Gasteiger partial charge is 0.481 e. The third kappa shape index (κ3) is 6.17. The number of nitrogens with zero attached hydrogens (tertiary/aromatic N) is 2. The number of halogens is 7. The van der Waals surface area contributed by atoms with Crippen molar-refractivity contribution in [3.8, 4) is 0 Å². The molecule has 2 aliphatic heterocycles. The normalized spacial score (nSPS) is 27.8. The van der Waals surface area contributed by atoms with Crippen molar-refractivity contribution in [2.45, 2.75) is 82.3 Å². The molecule has 3 fully saturated rings. The number of piperidine rings is 2.